The Kier molecular flexibility index (Phi) is 13.0. The van der Waals surface area contributed by atoms with Crippen LogP contribution in [0, 0.1) is 0 Å². The molecule has 11 nitrogen and oxygen atoms in total. The van der Waals surface area contributed by atoms with Crippen molar-refractivity contribution in [2.45, 2.75) is 51.0 Å². The Morgan fingerprint density at radius 1 is 0.889 bits per heavy atom. The fourth-order valence-corrected chi connectivity index (χ4v) is 3.75. The topological polar surface area (TPSA) is 184 Å². The van der Waals surface area contributed by atoms with Crippen LogP contribution in [0.3, 0.4) is 0 Å². The zero-order chi connectivity index (χ0) is 26.2. The van der Waals surface area contributed by atoms with E-state index in [0.29, 0.717) is 26.1 Å². The van der Waals surface area contributed by atoms with Crippen LogP contribution < -0.4 is 32.7 Å². The Morgan fingerprint density at radius 2 is 1.61 bits per heavy atom. The van der Waals surface area contributed by atoms with Gasteiger partial charge in [-0.05, 0) is 56.8 Å². The number of H-pyrrole nitrogens is 1. The van der Waals surface area contributed by atoms with Crippen molar-refractivity contribution >= 4 is 34.5 Å². The molecule has 11 heteroatoms. The van der Waals surface area contributed by atoms with Gasteiger partial charge in [-0.1, -0.05) is 18.2 Å². The molecular formula is C25H39N7O4. The number of para-hydroxylation sites is 1. The van der Waals surface area contributed by atoms with Gasteiger partial charge in [-0.15, -0.1) is 0 Å². The third-order valence-corrected chi connectivity index (χ3v) is 5.65. The Bertz CT molecular complexity index is 992. The lowest BCUT2D eigenvalue weighted by Gasteiger charge is -2.17. The molecule has 0 spiro atoms. The highest BCUT2D eigenvalue weighted by atomic mass is 16.2. The van der Waals surface area contributed by atoms with E-state index in [1.165, 1.54) is 0 Å². The van der Waals surface area contributed by atoms with Crippen LogP contribution in [0.15, 0.2) is 30.5 Å². The molecule has 0 aliphatic rings. The number of nitrogens with two attached hydrogens (primary N) is 2. The predicted octanol–water partition coefficient (Wildman–Crippen LogP) is -0.198. The second-order valence-electron chi connectivity index (χ2n) is 8.70. The highest BCUT2D eigenvalue weighted by Crippen LogP contribution is 2.18. The third kappa shape index (κ3) is 10.9. The zero-order valence-corrected chi connectivity index (χ0v) is 20.7. The van der Waals surface area contributed by atoms with Crippen LogP contribution in [0.2, 0.25) is 0 Å². The van der Waals surface area contributed by atoms with Crippen molar-refractivity contribution in [2.24, 2.45) is 11.5 Å². The maximum atomic E-state index is 12.6. The number of amides is 4. The van der Waals surface area contributed by atoms with E-state index in [1.807, 2.05) is 24.3 Å². The molecule has 0 aliphatic heterocycles. The van der Waals surface area contributed by atoms with Crippen molar-refractivity contribution < 1.29 is 19.2 Å². The molecule has 9 N–H and O–H groups in total. The summed E-state index contributed by atoms with van der Waals surface area (Å²) in [4.78, 5) is 51.4. The Balaban J connectivity index is 1.65. The number of hydrogen-bond acceptors (Lipinski definition) is 6. The van der Waals surface area contributed by atoms with Crippen LogP contribution in [0.4, 0.5) is 0 Å². The Hall–Kier alpha value is -3.44. The summed E-state index contributed by atoms with van der Waals surface area (Å²) < 4.78 is 0. The number of rotatable bonds is 18. The monoisotopic (exact) mass is 501 g/mol. The summed E-state index contributed by atoms with van der Waals surface area (Å²) in [6.07, 6.45) is 5.72. The van der Waals surface area contributed by atoms with Gasteiger partial charge in [-0.3, -0.25) is 19.2 Å². The molecule has 2 rings (SSSR count). The number of carbonyl (C=O) groups is 4. The summed E-state index contributed by atoms with van der Waals surface area (Å²) in [6, 6.07) is 6.58. The summed E-state index contributed by atoms with van der Waals surface area (Å²) in [5, 5.41) is 12.2. The number of hydrogen-bond donors (Lipinski definition) is 7. The van der Waals surface area contributed by atoms with Crippen molar-refractivity contribution in [1.82, 2.24) is 26.3 Å². The standard InChI is InChI=1S/C25H39N7O4/c26-10-4-7-11-28-17-24(35)29-12-5-1-6-13-30-25(36)21(15-22(27)33)32-23(34)14-18-16-31-20-9-3-2-8-19(18)20/h2-3,8-9,16,21,28,31H,1,4-7,10-15,17,26H2,(H2,27,33)(H,29,35)(H,30,36)(H,32,34)/t21-/m0/s1. The highest BCUT2D eigenvalue weighted by Gasteiger charge is 2.23. The van der Waals surface area contributed by atoms with Gasteiger partial charge in [0.2, 0.25) is 23.6 Å². The minimum absolute atomic E-state index is 0.0475. The maximum absolute atomic E-state index is 12.6. The molecule has 0 aliphatic carbocycles. The first-order valence-corrected chi connectivity index (χ1v) is 12.5. The van der Waals surface area contributed by atoms with Crippen LogP contribution in [0.5, 0.6) is 0 Å². The molecule has 198 valence electrons. The van der Waals surface area contributed by atoms with Gasteiger partial charge in [0.15, 0.2) is 0 Å². The number of primary amides is 1. The Labute approximate surface area is 211 Å². The quantitative estimate of drug-likeness (QED) is 0.139. The molecule has 1 heterocycles. The molecule has 1 aromatic carbocycles. The third-order valence-electron chi connectivity index (χ3n) is 5.65. The van der Waals surface area contributed by atoms with Crippen molar-refractivity contribution in [1.29, 1.82) is 0 Å². The number of carbonyl (C=O) groups excluding carboxylic acids is 4. The van der Waals surface area contributed by atoms with E-state index in [0.717, 1.165) is 48.7 Å². The minimum atomic E-state index is -1.03. The smallest absolute Gasteiger partial charge is 0.243 e. The second-order valence-corrected chi connectivity index (χ2v) is 8.70. The van der Waals surface area contributed by atoms with E-state index in [1.54, 1.807) is 6.20 Å². The molecule has 0 unspecified atom stereocenters. The number of nitrogens with one attached hydrogen (secondary N) is 5. The number of fused-ring (bicyclic) bond motifs is 1. The lowest BCUT2D eigenvalue weighted by atomic mass is 10.1. The number of aromatic amines is 1. The fourth-order valence-electron chi connectivity index (χ4n) is 3.75. The van der Waals surface area contributed by atoms with Gasteiger partial charge < -0.3 is 37.7 Å². The van der Waals surface area contributed by atoms with E-state index < -0.39 is 17.9 Å². The summed E-state index contributed by atoms with van der Waals surface area (Å²) in [5.74, 6) is -1.54. The van der Waals surface area contributed by atoms with Crippen molar-refractivity contribution in [2.75, 3.05) is 32.7 Å². The normalized spacial score (nSPS) is 11.7. The van der Waals surface area contributed by atoms with Crippen molar-refractivity contribution in [3.63, 3.8) is 0 Å². The minimum Gasteiger partial charge on any atom is -0.370 e. The summed E-state index contributed by atoms with van der Waals surface area (Å²) in [5.41, 5.74) is 12.4. The van der Waals surface area contributed by atoms with Gasteiger partial charge >= 0.3 is 0 Å². The van der Waals surface area contributed by atoms with Gasteiger partial charge in [-0.2, -0.15) is 0 Å². The van der Waals surface area contributed by atoms with E-state index >= 15 is 0 Å². The summed E-state index contributed by atoms with van der Waals surface area (Å²) >= 11 is 0. The Morgan fingerprint density at radius 3 is 2.36 bits per heavy atom. The number of benzene rings is 1. The molecule has 36 heavy (non-hydrogen) atoms. The van der Waals surface area contributed by atoms with Crippen LogP contribution in [-0.2, 0) is 25.6 Å². The van der Waals surface area contributed by atoms with Gasteiger partial charge in [0.25, 0.3) is 0 Å². The molecule has 0 saturated carbocycles. The van der Waals surface area contributed by atoms with Gasteiger partial charge in [-0.25, -0.2) is 0 Å². The number of unbranched alkanes of at least 4 members (excludes halogenated alkanes) is 3. The average molecular weight is 502 g/mol. The SMILES string of the molecule is NCCCCNCC(=O)NCCCCCNC(=O)[C@H](CC(N)=O)NC(=O)Cc1c[nH]c2ccccc12. The maximum Gasteiger partial charge on any atom is 0.243 e. The van der Waals surface area contributed by atoms with E-state index in [2.05, 4.69) is 26.3 Å². The van der Waals surface area contributed by atoms with Crippen LogP contribution >= 0.6 is 0 Å². The largest absolute Gasteiger partial charge is 0.370 e. The first-order chi connectivity index (χ1) is 17.4. The van der Waals surface area contributed by atoms with Crippen LogP contribution in [0.1, 0.15) is 44.1 Å². The van der Waals surface area contributed by atoms with Crippen molar-refractivity contribution in [3.05, 3.63) is 36.0 Å². The number of aromatic nitrogens is 1. The van der Waals surface area contributed by atoms with Gasteiger partial charge in [0.1, 0.15) is 6.04 Å². The molecule has 0 fully saturated rings. The molecule has 0 radical (unpaired) electrons. The highest BCUT2D eigenvalue weighted by molar-refractivity contribution is 5.94. The van der Waals surface area contributed by atoms with Crippen LogP contribution in [0.25, 0.3) is 10.9 Å². The molecule has 4 amide bonds. The average Bonchev–Trinajstić information content (AvgIpc) is 3.25. The van der Waals surface area contributed by atoms with Gasteiger partial charge in [0.05, 0.1) is 19.4 Å². The van der Waals surface area contributed by atoms with Gasteiger partial charge in [0, 0.05) is 30.2 Å². The lowest BCUT2D eigenvalue weighted by molar-refractivity contribution is -0.131. The first-order valence-electron chi connectivity index (χ1n) is 12.5. The van der Waals surface area contributed by atoms with E-state index in [-0.39, 0.29) is 31.2 Å². The summed E-state index contributed by atoms with van der Waals surface area (Å²) in [6.45, 7) is 2.66. The van der Waals surface area contributed by atoms with E-state index in [4.69, 9.17) is 11.5 Å². The van der Waals surface area contributed by atoms with Crippen molar-refractivity contribution in [3.8, 4) is 0 Å². The fraction of sp³-hybridized carbons (Fsp3) is 0.520. The molecule has 1 atom stereocenters. The predicted molar refractivity (Wildman–Crippen MR) is 139 cm³/mol. The van der Waals surface area contributed by atoms with E-state index in [9.17, 15) is 19.2 Å². The first kappa shape index (κ1) is 28.8. The second kappa shape index (κ2) is 16.3. The molecule has 2 aromatic rings. The molecule has 1 aromatic heterocycles. The molecular weight excluding hydrogens is 462 g/mol. The molecule has 0 bridgehead atoms. The molecule has 0 saturated heterocycles. The summed E-state index contributed by atoms with van der Waals surface area (Å²) in [7, 11) is 0. The van der Waals surface area contributed by atoms with Crippen LogP contribution in [-0.4, -0.2) is 67.4 Å². The zero-order valence-electron chi connectivity index (χ0n) is 20.7. The lowest BCUT2D eigenvalue weighted by Crippen LogP contribution is -2.49.